The summed E-state index contributed by atoms with van der Waals surface area (Å²) >= 11 is 0. The van der Waals surface area contributed by atoms with Gasteiger partial charge in [-0.2, -0.15) is 0 Å². The number of amides is 2. The number of aromatic nitrogens is 2. The minimum absolute atomic E-state index is 0.0301. The van der Waals surface area contributed by atoms with Crippen LogP contribution in [0.1, 0.15) is 42.4 Å². The molecule has 2 heterocycles. The molecule has 0 unspecified atom stereocenters. The summed E-state index contributed by atoms with van der Waals surface area (Å²) in [6.45, 7) is 6.01. The lowest BCUT2D eigenvalue weighted by Crippen LogP contribution is -2.43. The Morgan fingerprint density at radius 2 is 1.90 bits per heavy atom. The van der Waals surface area contributed by atoms with E-state index in [2.05, 4.69) is 9.97 Å². The quantitative estimate of drug-likeness (QED) is 0.565. The summed E-state index contributed by atoms with van der Waals surface area (Å²) in [7, 11) is 1.56. The van der Waals surface area contributed by atoms with Gasteiger partial charge in [0.2, 0.25) is 5.91 Å². The van der Waals surface area contributed by atoms with Gasteiger partial charge in [0.15, 0.2) is 0 Å². The van der Waals surface area contributed by atoms with Crippen LogP contribution in [0.5, 0.6) is 0 Å². The zero-order valence-corrected chi connectivity index (χ0v) is 17.4. The Labute approximate surface area is 171 Å². The topological polar surface area (TPSA) is 102 Å². The Kier molecular flexibility index (Phi) is 8.98. The Morgan fingerprint density at radius 3 is 2.48 bits per heavy atom. The fraction of sp³-hybridized carbons (Fsp3) is 0.650. The van der Waals surface area contributed by atoms with Crippen molar-refractivity contribution in [1.29, 1.82) is 0 Å². The Hall–Kier alpha value is -2.55. The van der Waals surface area contributed by atoms with Crippen molar-refractivity contribution in [2.45, 2.75) is 33.1 Å². The molecule has 0 N–H and O–H groups in total. The van der Waals surface area contributed by atoms with Gasteiger partial charge in [-0.15, -0.1) is 0 Å². The van der Waals surface area contributed by atoms with Crippen LogP contribution in [0, 0.1) is 12.8 Å². The molecule has 0 radical (unpaired) electrons. The summed E-state index contributed by atoms with van der Waals surface area (Å²) in [5.41, 5.74) is 0.973. The number of rotatable bonds is 9. The van der Waals surface area contributed by atoms with Crippen molar-refractivity contribution in [1.82, 2.24) is 19.8 Å². The third kappa shape index (κ3) is 6.77. The number of nitrogens with zero attached hydrogens (tertiary/aromatic N) is 4. The molecule has 1 fully saturated rings. The molecule has 0 atom stereocenters. The number of likely N-dealkylation sites (tertiary alicyclic amines) is 1. The molecule has 2 amide bonds. The van der Waals surface area contributed by atoms with Crippen molar-refractivity contribution in [2.75, 3.05) is 46.5 Å². The lowest BCUT2D eigenvalue weighted by Gasteiger charge is -2.31. The van der Waals surface area contributed by atoms with Gasteiger partial charge in [-0.05, 0) is 26.7 Å². The number of esters is 1. The summed E-state index contributed by atoms with van der Waals surface area (Å²) in [6, 6.07) is 0. The highest BCUT2D eigenvalue weighted by Crippen LogP contribution is 2.19. The maximum atomic E-state index is 12.7. The number of hydrogen-bond acceptors (Lipinski definition) is 7. The second-order valence-corrected chi connectivity index (χ2v) is 6.99. The molecule has 2 rings (SSSR count). The van der Waals surface area contributed by atoms with E-state index in [1.165, 1.54) is 6.20 Å². The largest absolute Gasteiger partial charge is 0.466 e. The van der Waals surface area contributed by atoms with Crippen LogP contribution in [0.2, 0.25) is 0 Å². The maximum Gasteiger partial charge on any atom is 0.309 e. The third-order valence-electron chi connectivity index (χ3n) is 4.92. The predicted octanol–water partition coefficient (Wildman–Crippen LogP) is 1.07. The van der Waals surface area contributed by atoms with Crippen molar-refractivity contribution < 1.29 is 23.9 Å². The molecule has 160 valence electrons. The highest BCUT2D eigenvalue weighted by Gasteiger charge is 2.28. The minimum Gasteiger partial charge on any atom is -0.466 e. The number of carbonyl (C=O) groups is 3. The second-order valence-electron chi connectivity index (χ2n) is 6.99. The van der Waals surface area contributed by atoms with E-state index in [1.807, 2.05) is 0 Å². The molecule has 29 heavy (non-hydrogen) atoms. The lowest BCUT2D eigenvalue weighted by atomic mass is 9.97. The fourth-order valence-electron chi connectivity index (χ4n) is 3.19. The molecule has 9 nitrogen and oxygen atoms in total. The Bertz CT molecular complexity index is 687. The molecule has 1 aromatic rings. The van der Waals surface area contributed by atoms with Crippen molar-refractivity contribution in [3.05, 3.63) is 23.8 Å². The molecule has 1 saturated heterocycles. The van der Waals surface area contributed by atoms with Crippen molar-refractivity contribution in [2.24, 2.45) is 5.92 Å². The molecule has 0 saturated carbocycles. The van der Waals surface area contributed by atoms with Crippen molar-refractivity contribution in [3.63, 3.8) is 0 Å². The van der Waals surface area contributed by atoms with Gasteiger partial charge in [-0.25, -0.2) is 4.98 Å². The first kappa shape index (κ1) is 22.7. The summed E-state index contributed by atoms with van der Waals surface area (Å²) in [5, 5.41) is 0. The number of hydrogen-bond donors (Lipinski definition) is 0. The summed E-state index contributed by atoms with van der Waals surface area (Å²) < 4.78 is 10.1. The zero-order valence-electron chi connectivity index (χ0n) is 17.4. The van der Waals surface area contributed by atoms with Crippen LogP contribution >= 0.6 is 0 Å². The standard InChI is InChI=1S/C20H30N4O5/c1-4-29-20(27)16-5-8-23(9-6-16)18(25)7-10-24(11-12-28-3)19(26)17-14-21-15(2)13-22-17/h13-14,16H,4-12H2,1-3H3. The number of carbonyl (C=O) groups excluding carboxylic acids is 3. The fourth-order valence-corrected chi connectivity index (χ4v) is 3.19. The third-order valence-corrected chi connectivity index (χ3v) is 4.92. The van der Waals surface area contributed by atoms with Gasteiger partial charge < -0.3 is 19.3 Å². The SMILES string of the molecule is CCOC(=O)C1CCN(C(=O)CCN(CCOC)C(=O)c2cnc(C)cn2)CC1. The van der Waals surface area contributed by atoms with E-state index in [0.717, 1.165) is 5.69 Å². The molecule has 0 aromatic carbocycles. The summed E-state index contributed by atoms with van der Waals surface area (Å²) in [5.74, 6) is -0.630. The van der Waals surface area contributed by atoms with Gasteiger partial charge in [0.1, 0.15) is 5.69 Å². The summed E-state index contributed by atoms with van der Waals surface area (Å²) in [4.78, 5) is 48.7. The minimum atomic E-state index is -0.275. The lowest BCUT2D eigenvalue weighted by molar-refractivity contribution is -0.151. The normalized spacial score (nSPS) is 14.5. The first-order chi connectivity index (χ1) is 14.0. The van der Waals surface area contributed by atoms with E-state index < -0.39 is 0 Å². The average molecular weight is 406 g/mol. The van der Waals surface area contributed by atoms with Crippen LogP contribution in [0.3, 0.4) is 0 Å². The van der Waals surface area contributed by atoms with Crippen LogP contribution in [0.25, 0.3) is 0 Å². The van der Waals surface area contributed by atoms with E-state index in [1.54, 1.807) is 37.0 Å². The molecule has 0 bridgehead atoms. The van der Waals surface area contributed by atoms with Gasteiger partial charge in [-0.3, -0.25) is 19.4 Å². The zero-order chi connectivity index (χ0) is 21.2. The smallest absolute Gasteiger partial charge is 0.309 e. The monoisotopic (exact) mass is 406 g/mol. The first-order valence-electron chi connectivity index (χ1n) is 9.97. The molecule has 0 spiro atoms. The number of ether oxygens (including phenoxy) is 2. The number of piperidine rings is 1. The first-order valence-corrected chi connectivity index (χ1v) is 9.97. The predicted molar refractivity (Wildman–Crippen MR) is 105 cm³/mol. The van der Waals surface area contributed by atoms with E-state index >= 15 is 0 Å². The average Bonchev–Trinajstić information content (AvgIpc) is 2.74. The number of aryl methyl sites for hydroxylation is 1. The van der Waals surface area contributed by atoms with Gasteiger partial charge in [0.25, 0.3) is 5.91 Å². The molecule has 1 aliphatic rings. The van der Waals surface area contributed by atoms with Crippen LogP contribution in [-0.2, 0) is 19.1 Å². The van der Waals surface area contributed by atoms with E-state index in [4.69, 9.17) is 9.47 Å². The van der Waals surface area contributed by atoms with Gasteiger partial charge >= 0.3 is 5.97 Å². The molecule has 9 heteroatoms. The van der Waals surface area contributed by atoms with Gasteiger partial charge in [0, 0.05) is 45.9 Å². The molecule has 1 aliphatic heterocycles. The van der Waals surface area contributed by atoms with Crippen molar-refractivity contribution >= 4 is 17.8 Å². The van der Waals surface area contributed by atoms with Crippen molar-refractivity contribution in [3.8, 4) is 0 Å². The maximum absolute atomic E-state index is 12.7. The molecule has 1 aromatic heterocycles. The van der Waals surface area contributed by atoms with Crippen LogP contribution in [-0.4, -0.2) is 84.1 Å². The highest BCUT2D eigenvalue weighted by molar-refractivity contribution is 5.92. The Morgan fingerprint density at radius 1 is 1.17 bits per heavy atom. The molecule has 0 aliphatic carbocycles. The molecular weight excluding hydrogens is 376 g/mol. The Balaban J connectivity index is 1.88. The van der Waals surface area contributed by atoms with Gasteiger partial charge in [0.05, 0.1) is 31.0 Å². The molecular formula is C20H30N4O5. The van der Waals surface area contributed by atoms with Crippen LogP contribution in [0.15, 0.2) is 12.4 Å². The highest BCUT2D eigenvalue weighted by atomic mass is 16.5. The van der Waals surface area contributed by atoms with Gasteiger partial charge in [-0.1, -0.05) is 0 Å². The van der Waals surface area contributed by atoms with E-state index in [0.29, 0.717) is 45.7 Å². The van der Waals surface area contributed by atoms with E-state index in [-0.39, 0.29) is 42.4 Å². The van der Waals surface area contributed by atoms with E-state index in [9.17, 15) is 14.4 Å². The van der Waals surface area contributed by atoms with Crippen LogP contribution in [0.4, 0.5) is 0 Å². The number of methoxy groups -OCH3 is 1. The second kappa shape index (κ2) is 11.5. The summed E-state index contributed by atoms with van der Waals surface area (Å²) in [6.07, 6.45) is 4.41. The van der Waals surface area contributed by atoms with Crippen LogP contribution < -0.4 is 0 Å².